The van der Waals surface area contributed by atoms with Crippen molar-refractivity contribution < 1.29 is 27.9 Å². The molecule has 0 unspecified atom stereocenters. The number of carboxylic acids is 1. The number of carbonyl (C=O) groups is 2. The first kappa shape index (κ1) is 26.9. The highest BCUT2D eigenvalue weighted by atomic mass is 19.4. The maximum atomic E-state index is 12.3. The number of aliphatic carboxylic acids is 1. The molecule has 0 saturated carbocycles. The summed E-state index contributed by atoms with van der Waals surface area (Å²) in [5.74, 6) is -2.43. The number of imidazole rings is 1. The fourth-order valence-electron chi connectivity index (χ4n) is 4.02. The molecule has 0 aliphatic carbocycles. The maximum absolute atomic E-state index is 12.3. The lowest BCUT2D eigenvalue weighted by atomic mass is 9.92. The highest BCUT2D eigenvalue weighted by molar-refractivity contribution is 5.90. The molecule has 0 bridgehead atoms. The van der Waals surface area contributed by atoms with Gasteiger partial charge in [0.05, 0.1) is 17.5 Å². The molecule has 4 heterocycles. The zero-order chi connectivity index (χ0) is 26.6. The van der Waals surface area contributed by atoms with Crippen LogP contribution in [0.1, 0.15) is 44.3 Å². The van der Waals surface area contributed by atoms with E-state index in [1.54, 1.807) is 25.2 Å². The maximum Gasteiger partial charge on any atom is 0.490 e. The van der Waals surface area contributed by atoms with Crippen molar-refractivity contribution in [3.8, 4) is 11.3 Å². The molecule has 0 radical (unpaired) electrons. The van der Waals surface area contributed by atoms with Gasteiger partial charge in [-0.25, -0.2) is 14.6 Å². The van der Waals surface area contributed by atoms with Gasteiger partial charge in [-0.1, -0.05) is 0 Å². The third-order valence-electron chi connectivity index (χ3n) is 5.88. The van der Waals surface area contributed by atoms with Gasteiger partial charge in [0, 0.05) is 62.8 Å². The van der Waals surface area contributed by atoms with Gasteiger partial charge in [-0.05, 0) is 44.9 Å². The van der Waals surface area contributed by atoms with Crippen molar-refractivity contribution in [2.24, 2.45) is 0 Å². The van der Waals surface area contributed by atoms with Gasteiger partial charge < -0.3 is 19.5 Å². The van der Waals surface area contributed by atoms with Crippen molar-refractivity contribution in [3.63, 3.8) is 0 Å². The minimum Gasteiger partial charge on any atom is -0.475 e. The summed E-state index contributed by atoms with van der Waals surface area (Å²) in [6.07, 6.45) is 2.27. The van der Waals surface area contributed by atoms with E-state index >= 15 is 0 Å². The van der Waals surface area contributed by atoms with Crippen molar-refractivity contribution in [2.45, 2.75) is 44.8 Å². The van der Waals surface area contributed by atoms with Crippen LogP contribution in [0.15, 0.2) is 36.9 Å². The first-order valence-corrected chi connectivity index (χ1v) is 11.4. The van der Waals surface area contributed by atoms with Gasteiger partial charge in [-0.15, -0.1) is 0 Å². The second-order valence-corrected chi connectivity index (χ2v) is 8.99. The molecule has 3 aromatic rings. The number of carboxylic acid groups (broad SMARTS) is 1. The van der Waals surface area contributed by atoms with E-state index in [-0.39, 0.29) is 6.03 Å². The van der Waals surface area contributed by atoms with Crippen molar-refractivity contribution in [1.82, 2.24) is 29.3 Å². The van der Waals surface area contributed by atoms with Crippen LogP contribution in [0, 0.1) is 0 Å². The molecule has 1 fully saturated rings. The number of piperidine rings is 1. The standard InChI is InChI=1S/C22H28N6O.C2HF3O2/c1-15(2)28-14-24-21-19(28)12-18(25-20(21)17-6-5-9-23-13-17)16-7-10-27(11-8-16)22(29)26(3)4;3-2(4,5)1(6)7/h5-6,9,12-16H,7-8,10-11H2,1-4H3;(H,6,7). The van der Waals surface area contributed by atoms with E-state index in [0.717, 1.165) is 53.9 Å². The minimum absolute atomic E-state index is 0.0841. The van der Waals surface area contributed by atoms with Crippen molar-refractivity contribution in [2.75, 3.05) is 27.2 Å². The van der Waals surface area contributed by atoms with Crippen LogP contribution in [0.4, 0.5) is 18.0 Å². The zero-order valence-electron chi connectivity index (χ0n) is 20.5. The number of urea groups is 1. The molecular weight excluding hydrogens is 477 g/mol. The molecule has 1 aliphatic rings. The van der Waals surface area contributed by atoms with E-state index in [1.165, 1.54) is 0 Å². The van der Waals surface area contributed by atoms with Crippen LogP contribution in [-0.2, 0) is 4.79 Å². The zero-order valence-corrected chi connectivity index (χ0v) is 20.5. The molecule has 4 rings (SSSR count). The van der Waals surface area contributed by atoms with Crippen LogP contribution in [0.25, 0.3) is 22.3 Å². The van der Waals surface area contributed by atoms with Crippen molar-refractivity contribution in [3.05, 3.63) is 42.6 Å². The largest absolute Gasteiger partial charge is 0.490 e. The van der Waals surface area contributed by atoms with E-state index in [1.807, 2.05) is 29.6 Å². The summed E-state index contributed by atoms with van der Waals surface area (Å²) < 4.78 is 33.9. The lowest BCUT2D eigenvalue weighted by Crippen LogP contribution is -2.43. The average Bonchev–Trinajstić information content (AvgIpc) is 3.28. The van der Waals surface area contributed by atoms with Crippen molar-refractivity contribution in [1.29, 1.82) is 0 Å². The number of carbonyl (C=O) groups excluding carboxylic acids is 1. The molecule has 9 nitrogen and oxygen atoms in total. The molecule has 12 heteroatoms. The van der Waals surface area contributed by atoms with Gasteiger partial charge in [-0.3, -0.25) is 9.97 Å². The first-order valence-electron chi connectivity index (χ1n) is 11.4. The molecule has 0 aromatic carbocycles. The number of amides is 2. The quantitative estimate of drug-likeness (QED) is 0.558. The van der Waals surface area contributed by atoms with E-state index in [0.29, 0.717) is 12.0 Å². The fraction of sp³-hybridized carbons (Fsp3) is 0.458. The second-order valence-electron chi connectivity index (χ2n) is 8.99. The summed E-state index contributed by atoms with van der Waals surface area (Å²) in [4.78, 5) is 38.7. The van der Waals surface area contributed by atoms with Gasteiger partial charge in [0.1, 0.15) is 5.52 Å². The third-order valence-corrected chi connectivity index (χ3v) is 5.88. The Morgan fingerprint density at radius 3 is 2.33 bits per heavy atom. The average molecular weight is 507 g/mol. The number of nitrogens with zero attached hydrogens (tertiary/aromatic N) is 6. The number of fused-ring (bicyclic) bond motifs is 1. The summed E-state index contributed by atoms with van der Waals surface area (Å²) in [6, 6.07) is 6.55. The monoisotopic (exact) mass is 506 g/mol. The number of halogens is 3. The summed E-state index contributed by atoms with van der Waals surface area (Å²) in [6.45, 7) is 5.84. The van der Waals surface area contributed by atoms with Gasteiger partial charge >= 0.3 is 18.2 Å². The Morgan fingerprint density at radius 1 is 1.19 bits per heavy atom. The molecule has 3 aromatic heterocycles. The Labute approximate surface area is 206 Å². The Balaban J connectivity index is 0.000000454. The highest BCUT2D eigenvalue weighted by Gasteiger charge is 2.38. The molecule has 0 spiro atoms. The van der Waals surface area contributed by atoms with Crippen LogP contribution in [-0.4, -0.2) is 79.8 Å². The molecule has 1 saturated heterocycles. The van der Waals surface area contributed by atoms with Gasteiger partial charge in [0.15, 0.2) is 0 Å². The van der Waals surface area contributed by atoms with Crippen LogP contribution in [0.2, 0.25) is 0 Å². The van der Waals surface area contributed by atoms with Gasteiger partial charge in [-0.2, -0.15) is 13.2 Å². The lowest BCUT2D eigenvalue weighted by molar-refractivity contribution is -0.192. The Hall–Kier alpha value is -3.70. The molecule has 194 valence electrons. The van der Waals surface area contributed by atoms with E-state index in [9.17, 15) is 18.0 Å². The van der Waals surface area contributed by atoms with E-state index in [4.69, 9.17) is 14.9 Å². The Morgan fingerprint density at radius 2 is 1.83 bits per heavy atom. The first-order chi connectivity index (χ1) is 16.9. The fourth-order valence-corrected chi connectivity index (χ4v) is 4.02. The summed E-state index contributed by atoms with van der Waals surface area (Å²) in [7, 11) is 3.61. The normalized spacial score (nSPS) is 14.5. The predicted molar refractivity (Wildman–Crippen MR) is 127 cm³/mol. The SMILES string of the molecule is CC(C)n1cnc2c(-c3cccnc3)nc(C3CCN(C(=O)N(C)C)CC3)cc21.O=C(O)C(F)(F)F. The molecule has 1 N–H and O–H groups in total. The molecule has 0 atom stereocenters. The topological polar surface area (TPSA) is 104 Å². The molecular formula is C24H29F3N6O3. The number of aromatic nitrogens is 4. The van der Waals surface area contributed by atoms with Crippen LogP contribution in [0.3, 0.4) is 0 Å². The van der Waals surface area contributed by atoms with Gasteiger partial charge in [0.2, 0.25) is 0 Å². The van der Waals surface area contributed by atoms with Crippen LogP contribution < -0.4 is 0 Å². The number of pyridine rings is 2. The number of rotatable bonds is 3. The number of hydrogen-bond acceptors (Lipinski definition) is 5. The highest BCUT2D eigenvalue weighted by Crippen LogP contribution is 2.33. The van der Waals surface area contributed by atoms with Crippen molar-refractivity contribution >= 4 is 23.0 Å². The van der Waals surface area contributed by atoms with Crippen LogP contribution >= 0.6 is 0 Å². The smallest absolute Gasteiger partial charge is 0.475 e. The molecule has 1 aliphatic heterocycles. The predicted octanol–water partition coefficient (Wildman–Crippen LogP) is 4.57. The lowest BCUT2D eigenvalue weighted by Gasteiger charge is -2.33. The summed E-state index contributed by atoms with van der Waals surface area (Å²) in [5, 5.41) is 7.12. The summed E-state index contributed by atoms with van der Waals surface area (Å²) >= 11 is 0. The van der Waals surface area contributed by atoms with E-state index < -0.39 is 12.1 Å². The minimum atomic E-state index is -5.08. The number of alkyl halides is 3. The Bertz CT molecular complexity index is 1200. The second kappa shape index (κ2) is 10.9. The molecule has 2 amide bonds. The Kier molecular flexibility index (Phi) is 8.16. The van der Waals surface area contributed by atoms with E-state index in [2.05, 4.69) is 34.4 Å². The number of likely N-dealkylation sites (tertiary alicyclic amines) is 1. The number of hydrogen-bond donors (Lipinski definition) is 1. The van der Waals surface area contributed by atoms with Gasteiger partial charge in [0.25, 0.3) is 0 Å². The van der Waals surface area contributed by atoms with Crippen LogP contribution in [0.5, 0.6) is 0 Å². The molecule has 36 heavy (non-hydrogen) atoms. The third kappa shape index (κ3) is 6.10. The summed E-state index contributed by atoms with van der Waals surface area (Å²) in [5.41, 5.74) is 4.97.